The first kappa shape index (κ1) is 19.1. The third-order valence-corrected chi connectivity index (χ3v) is 6.63. The second-order valence-electron chi connectivity index (χ2n) is 8.56. The molecule has 7 nitrogen and oxygen atoms in total. The number of carbonyl (C=O) groups is 1. The summed E-state index contributed by atoms with van der Waals surface area (Å²) < 4.78 is 8.05. The highest BCUT2D eigenvalue weighted by Crippen LogP contribution is 2.37. The van der Waals surface area contributed by atoms with E-state index in [0.29, 0.717) is 25.4 Å². The minimum Gasteiger partial charge on any atom is -0.488 e. The van der Waals surface area contributed by atoms with E-state index in [1.165, 1.54) is 16.5 Å². The topological polar surface area (TPSA) is 66.4 Å². The van der Waals surface area contributed by atoms with Crippen molar-refractivity contribution < 1.29 is 9.53 Å². The molecule has 6 rings (SSSR count). The first-order chi connectivity index (χ1) is 15.7. The Morgan fingerprint density at radius 1 is 1.06 bits per heavy atom. The molecular formula is C25H25N5O2. The fourth-order valence-electron chi connectivity index (χ4n) is 4.90. The average Bonchev–Trinajstić information content (AvgIpc) is 3.41. The zero-order valence-electron chi connectivity index (χ0n) is 18.0. The summed E-state index contributed by atoms with van der Waals surface area (Å²) in [5.41, 5.74) is 5.75. The molecule has 1 amide bonds. The number of nitrogens with one attached hydrogen (secondary N) is 1. The van der Waals surface area contributed by atoms with Gasteiger partial charge in [-0.2, -0.15) is 5.10 Å². The molecule has 0 atom stereocenters. The predicted octanol–water partition coefficient (Wildman–Crippen LogP) is 3.42. The Bertz CT molecular complexity index is 1310. The molecular weight excluding hydrogens is 402 g/mol. The number of aryl methyl sites for hydroxylation is 1. The number of rotatable bonds is 3. The Morgan fingerprint density at radius 3 is 2.72 bits per heavy atom. The van der Waals surface area contributed by atoms with Gasteiger partial charge in [-0.3, -0.25) is 14.8 Å². The number of aromatic amines is 1. The molecule has 0 saturated carbocycles. The summed E-state index contributed by atoms with van der Waals surface area (Å²) in [6, 6.07) is 16.3. The highest BCUT2D eigenvalue weighted by molar-refractivity contribution is 5.96. The minimum absolute atomic E-state index is 0.00606. The van der Waals surface area contributed by atoms with Crippen molar-refractivity contribution in [2.75, 3.05) is 26.2 Å². The third-order valence-electron chi connectivity index (χ3n) is 6.63. The molecule has 2 aliphatic rings. The van der Waals surface area contributed by atoms with Crippen LogP contribution in [0.25, 0.3) is 22.2 Å². The van der Waals surface area contributed by atoms with Crippen molar-refractivity contribution in [1.82, 2.24) is 24.6 Å². The van der Waals surface area contributed by atoms with Crippen LogP contribution in [0.4, 0.5) is 0 Å². The Morgan fingerprint density at radius 2 is 1.84 bits per heavy atom. The molecule has 1 N–H and O–H groups in total. The highest BCUT2D eigenvalue weighted by atomic mass is 16.5. The van der Waals surface area contributed by atoms with Crippen LogP contribution in [0.2, 0.25) is 0 Å². The van der Waals surface area contributed by atoms with Crippen molar-refractivity contribution >= 4 is 16.8 Å². The molecule has 4 aromatic rings. The van der Waals surface area contributed by atoms with Crippen molar-refractivity contribution in [3.8, 4) is 17.0 Å². The second-order valence-corrected chi connectivity index (χ2v) is 8.56. The van der Waals surface area contributed by atoms with Crippen molar-refractivity contribution in [3.05, 3.63) is 71.5 Å². The molecule has 7 heteroatoms. The summed E-state index contributed by atoms with van der Waals surface area (Å²) in [5, 5.41) is 8.74. The lowest BCUT2D eigenvalue weighted by molar-refractivity contribution is 0.0620. The molecule has 162 valence electrons. The van der Waals surface area contributed by atoms with Gasteiger partial charge in [0.05, 0.1) is 0 Å². The molecule has 4 heterocycles. The number of carbonyl (C=O) groups excluding carboxylic acids is 1. The van der Waals surface area contributed by atoms with Crippen LogP contribution >= 0.6 is 0 Å². The van der Waals surface area contributed by atoms with E-state index in [1.54, 1.807) is 0 Å². The van der Waals surface area contributed by atoms with Gasteiger partial charge >= 0.3 is 0 Å². The van der Waals surface area contributed by atoms with E-state index in [0.717, 1.165) is 42.2 Å². The summed E-state index contributed by atoms with van der Waals surface area (Å²) in [5.74, 6) is 0.819. The minimum atomic E-state index is 0.00606. The molecule has 2 aromatic heterocycles. The number of para-hydroxylation sites is 2. The van der Waals surface area contributed by atoms with Gasteiger partial charge in [0.25, 0.3) is 5.91 Å². The number of amides is 1. The van der Waals surface area contributed by atoms with Crippen molar-refractivity contribution in [2.24, 2.45) is 7.05 Å². The Balaban J connectivity index is 1.15. The van der Waals surface area contributed by atoms with E-state index in [-0.39, 0.29) is 5.91 Å². The summed E-state index contributed by atoms with van der Waals surface area (Å²) in [7, 11) is 2.09. The third kappa shape index (κ3) is 3.08. The summed E-state index contributed by atoms with van der Waals surface area (Å²) in [6.07, 6.45) is 2.22. The smallest absolute Gasteiger partial charge is 0.272 e. The van der Waals surface area contributed by atoms with Crippen molar-refractivity contribution in [2.45, 2.75) is 13.2 Å². The first-order valence-corrected chi connectivity index (χ1v) is 11.0. The van der Waals surface area contributed by atoms with E-state index >= 15 is 0 Å². The van der Waals surface area contributed by atoms with Gasteiger partial charge < -0.3 is 14.2 Å². The molecule has 0 spiro atoms. The predicted molar refractivity (Wildman–Crippen MR) is 122 cm³/mol. The molecule has 32 heavy (non-hydrogen) atoms. The molecule has 0 aliphatic carbocycles. The van der Waals surface area contributed by atoms with Crippen LogP contribution in [0.5, 0.6) is 5.75 Å². The molecule has 0 radical (unpaired) electrons. The first-order valence-electron chi connectivity index (χ1n) is 11.0. The molecule has 0 bridgehead atoms. The molecule has 1 saturated heterocycles. The zero-order chi connectivity index (χ0) is 21.7. The van der Waals surface area contributed by atoms with Crippen LogP contribution in [0, 0.1) is 0 Å². The maximum absolute atomic E-state index is 13.3. The van der Waals surface area contributed by atoms with Gasteiger partial charge in [-0.15, -0.1) is 0 Å². The number of nitrogens with zero attached hydrogens (tertiary/aromatic N) is 4. The maximum Gasteiger partial charge on any atom is 0.272 e. The van der Waals surface area contributed by atoms with E-state index in [2.05, 4.69) is 57.2 Å². The summed E-state index contributed by atoms with van der Waals surface area (Å²) in [4.78, 5) is 17.6. The van der Waals surface area contributed by atoms with Gasteiger partial charge in [-0.05, 0) is 23.8 Å². The van der Waals surface area contributed by atoms with Crippen LogP contribution < -0.4 is 4.74 Å². The fraction of sp³-hybridized carbons (Fsp3) is 0.280. The van der Waals surface area contributed by atoms with Crippen LogP contribution in [0.15, 0.2) is 54.7 Å². The second kappa shape index (κ2) is 7.53. The number of hydrogen-bond donors (Lipinski definition) is 1. The number of fused-ring (bicyclic) bond motifs is 4. The Labute approximate surface area is 186 Å². The van der Waals surface area contributed by atoms with Crippen LogP contribution in [-0.2, 0) is 20.2 Å². The van der Waals surface area contributed by atoms with Crippen molar-refractivity contribution in [3.63, 3.8) is 0 Å². The molecule has 0 unspecified atom stereocenters. The number of aromatic nitrogens is 3. The number of ether oxygens (including phenoxy) is 1. The average molecular weight is 428 g/mol. The lowest BCUT2D eigenvalue weighted by atomic mass is 10.0. The van der Waals surface area contributed by atoms with Gasteiger partial charge in [0.2, 0.25) is 0 Å². The zero-order valence-corrected chi connectivity index (χ0v) is 18.0. The summed E-state index contributed by atoms with van der Waals surface area (Å²) in [6.45, 7) is 4.37. The molecule has 2 aromatic carbocycles. The highest BCUT2D eigenvalue weighted by Gasteiger charge is 2.30. The number of benzene rings is 2. The normalized spacial score (nSPS) is 16.0. The number of piperazine rings is 1. The summed E-state index contributed by atoms with van der Waals surface area (Å²) >= 11 is 0. The van der Waals surface area contributed by atoms with E-state index in [4.69, 9.17) is 4.74 Å². The van der Waals surface area contributed by atoms with Gasteiger partial charge in [-0.1, -0.05) is 30.3 Å². The fourth-order valence-corrected chi connectivity index (χ4v) is 4.90. The largest absolute Gasteiger partial charge is 0.488 e. The van der Waals surface area contributed by atoms with Gasteiger partial charge in [0.1, 0.15) is 23.7 Å². The number of hydrogen-bond acceptors (Lipinski definition) is 4. The van der Waals surface area contributed by atoms with Gasteiger partial charge in [0, 0.05) is 68.0 Å². The van der Waals surface area contributed by atoms with Gasteiger partial charge in [-0.25, -0.2) is 0 Å². The van der Waals surface area contributed by atoms with Gasteiger partial charge in [0.15, 0.2) is 0 Å². The van der Waals surface area contributed by atoms with Crippen molar-refractivity contribution in [1.29, 1.82) is 0 Å². The molecule has 1 fully saturated rings. The van der Waals surface area contributed by atoms with Crippen LogP contribution in [0.1, 0.15) is 21.6 Å². The Hall–Kier alpha value is -3.58. The van der Waals surface area contributed by atoms with Crippen LogP contribution in [-0.4, -0.2) is 56.7 Å². The van der Waals surface area contributed by atoms with E-state index in [9.17, 15) is 4.79 Å². The van der Waals surface area contributed by atoms with E-state index < -0.39 is 0 Å². The van der Waals surface area contributed by atoms with Crippen LogP contribution in [0.3, 0.4) is 0 Å². The standard InChI is InChI=1S/C25H25N5O2/c1-28-14-17(18-6-2-4-8-21(18)28)15-29-10-12-30(13-11-29)25(31)24-20-16-32-22-9-5-3-7-19(22)23(20)26-27-24/h2-9,14H,10-13,15-16H2,1H3,(H,26,27). The quantitative estimate of drug-likeness (QED) is 0.544. The lowest BCUT2D eigenvalue weighted by Gasteiger charge is -2.34. The number of H-pyrrole nitrogens is 1. The SMILES string of the molecule is Cn1cc(CN2CCN(C(=O)c3[nH]nc4c3COc3ccccc3-4)CC2)c2ccccc21. The van der Waals surface area contributed by atoms with E-state index in [1.807, 2.05) is 29.2 Å². The Kier molecular flexibility index (Phi) is 4.50. The molecule has 2 aliphatic heterocycles. The monoisotopic (exact) mass is 427 g/mol. The maximum atomic E-state index is 13.3. The lowest BCUT2D eigenvalue weighted by Crippen LogP contribution is -2.48.